The summed E-state index contributed by atoms with van der Waals surface area (Å²) >= 11 is 0. The highest BCUT2D eigenvalue weighted by molar-refractivity contribution is 5.99. The van der Waals surface area contributed by atoms with E-state index in [2.05, 4.69) is 47.8 Å². The van der Waals surface area contributed by atoms with Gasteiger partial charge in [0, 0.05) is 11.7 Å². The Hall–Kier alpha value is -1.39. The highest BCUT2D eigenvalue weighted by Gasteiger charge is 2.29. The van der Waals surface area contributed by atoms with E-state index in [0.717, 1.165) is 24.3 Å². The van der Waals surface area contributed by atoms with Gasteiger partial charge in [-0.1, -0.05) is 12.1 Å². The SMILES string of the molecule is CN(C)C(c1ccc2c(c1)CC(=O)N2)C1CCNC1. The van der Waals surface area contributed by atoms with Gasteiger partial charge in [0.1, 0.15) is 0 Å². The summed E-state index contributed by atoms with van der Waals surface area (Å²) < 4.78 is 0. The second-order valence-corrected chi connectivity index (χ2v) is 5.80. The van der Waals surface area contributed by atoms with Crippen molar-refractivity contribution >= 4 is 11.6 Å². The lowest BCUT2D eigenvalue weighted by molar-refractivity contribution is -0.115. The fraction of sp³-hybridized carbons (Fsp3) is 0.533. The fourth-order valence-electron chi connectivity index (χ4n) is 3.37. The first kappa shape index (κ1) is 12.6. The van der Waals surface area contributed by atoms with Gasteiger partial charge in [0.2, 0.25) is 5.91 Å². The minimum Gasteiger partial charge on any atom is -0.326 e. The molecule has 0 bridgehead atoms. The lowest BCUT2D eigenvalue weighted by atomic mass is 9.90. The molecule has 2 heterocycles. The van der Waals surface area contributed by atoms with E-state index in [9.17, 15) is 4.79 Å². The Kier molecular flexibility index (Phi) is 3.29. The molecule has 4 heteroatoms. The minimum atomic E-state index is 0.107. The van der Waals surface area contributed by atoms with Gasteiger partial charge in [0.05, 0.1) is 6.42 Å². The molecule has 0 radical (unpaired) electrons. The standard InChI is InChI=1S/C15H21N3O/c1-18(2)15(11-5-6-16-9-11)10-3-4-13-12(7-10)8-14(19)17-13/h3-4,7,11,15-16H,5-6,8-9H2,1-2H3,(H,17,19). The van der Waals surface area contributed by atoms with E-state index < -0.39 is 0 Å². The zero-order valence-corrected chi connectivity index (χ0v) is 11.6. The van der Waals surface area contributed by atoms with E-state index in [4.69, 9.17) is 0 Å². The molecule has 2 aliphatic rings. The minimum absolute atomic E-state index is 0.107. The predicted molar refractivity (Wildman–Crippen MR) is 76.2 cm³/mol. The average molecular weight is 259 g/mol. The van der Waals surface area contributed by atoms with Gasteiger partial charge in [0.25, 0.3) is 0 Å². The summed E-state index contributed by atoms with van der Waals surface area (Å²) in [7, 11) is 4.28. The summed E-state index contributed by atoms with van der Waals surface area (Å²) in [6.07, 6.45) is 1.74. The molecule has 1 fully saturated rings. The zero-order chi connectivity index (χ0) is 13.4. The number of carbonyl (C=O) groups is 1. The molecule has 1 amide bonds. The number of benzene rings is 1. The van der Waals surface area contributed by atoms with Crippen LogP contribution in [0.4, 0.5) is 5.69 Å². The average Bonchev–Trinajstić information content (AvgIpc) is 2.96. The van der Waals surface area contributed by atoms with Crippen LogP contribution in [0, 0.1) is 5.92 Å². The van der Waals surface area contributed by atoms with Crippen molar-refractivity contribution in [2.24, 2.45) is 5.92 Å². The van der Waals surface area contributed by atoms with Gasteiger partial charge in [-0.15, -0.1) is 0 Å². The number of nitrogens with zero attached hydrogens (tertiary/aromatic N) is 1. The monoisotopic (exact) mass is 259 g/mol. The Morgan fingerprint density at radius 1 is 1.37 bits per heavy atom. The highest BCUT2D eigenvalue weighted by atomic mass is 16.1. The Bertz CT molecular complexity index is 492. The maximum atomic E-state index is 11.4. The first-order valence-electron chi connectivity index (χ1n) is 6.95. The summed E-state index contributed by atoms with van der Waals surface area (Å²) in [4.78, 5) is 13.7. The molecule has 0 saturated carbocycles. The van der Waals surface area contributed by atoms with E-state index in [1.807, 2.05) is 0 Å². The largest absolute Gasteiger partial charge is 0.326 e. The first-order chi connectivity index (χ1) is 9.15. The molecule has 4 nitrogen and oxygen atoms in total. The number of anilines is 1. The molecule has 1 saturated heterocycles. The topological polar surface area (TPSA) is 44.4 Å². The molecule has 0 aliphatic carbocycles. The Morgan fingerprint density at radius 2 is 2.21 bits per heavy atom. The molecule has 1 aromatic rings. The second-order valence-electron chi connectivity index (χ2n) is 5.80. The van der Waals surface area contributed by atoms with Crippen molar-refractivity contribution in [1.29, 1.82) is 0 Å². The molecule has 2 unspecified atom stereocenters. The Labute approximate surface area is 114 Å². The molecule has 19 heavy (non-hydrogen) atoms. The molecular formula is C15H21N3O. The van der Waals surface area contributed by atoms with Crippen LogP contribution in [0.15, 0.2) is 18.2 Å². The van der Waals surface area contributed by atoms with E-state index >= 15 is 0 Å². The molecule has 1 aromatic carbocycles. The molecular weight excluding hydrogens is 238 g/mol. The van der Waals surface area contributed by atoms with Crippen LogP contribution in [0.1, 0.15) is 23.6 Å². The molecule has 102 valence electrons. The van der Waals surface area contributed by atoms with Crippen molar-refractivity contribution in [2.75, 3.05) is 32.5 Å². The Balaban J connectivity index is 1.91. The predicted octanol–water partition coefficient (Wildman–Crippen LogP) is 1.39. The third-order valence-corrected chi connectivity index (χ3v) is 4.20. The van der Waals surface area contributed by atoms with E-state index in [1.54, 1.807) is 0 Å². The van der Waals surface area contributed by atoms with Gasteiger partial charge >= 0.3 is 0 Å². The van der Waals surface area contributed by atoms with Crippen molar-refractivity contribution in [3.05, 3.63) is 29.3 Å². The van der Waals surface area contributed by atoms with Crippen LogP contribution in [0.5, 0.6) is 0 Å². The van der Waals surface area contributed by atoms with Crippen LogP contribution in [0.2, 0.25) is 0 Å². The van der Waals surface area contributed by atoms with Crippen molar-refractivity contribution < 1.29 is 4.79 Å². The molecule has 2 atom stereocenters. The molecule has 0 spiro atoms. The van der Waals surface area contributed by atoms with Crippen LogP contribution < -0.4 is 10.6 Å². The maximum absolute atomic E-state index is 11.4. The molecule has 3 rings (SSSR count). The number of fused-ring (bicyclic) bond motifs is 1. The Morgan fingerprint density at radius 3 is 2.89 bits per heavy atom. The third-order valence-electron chi connectivity index (χ3n) is 4.20. The van der Waals surface area contributed by atoms with Gasteiger partial charge < -0.3 is 15.5 Å². The van der Waals surface area contributed by atoms with Crippen LogP contribution in [-0.4, -0.2) is 38.0 Å². The van der Waals surface area contributed by atoms with E-state index in [-0.39, 0.29) is 5.91 Å². The van der Waals surface area contributed by atoms with Gasteiger partial charge in [-0.3, -0.25) is 4.79 Å². The summed E-state index contributed by atoms with van der Waals surface area (Å²) in [5.41, 5.74) is 3.45. The van der Waals surface area contributed by atoms with Crippen molar-refractivity contribution in [3.63, 3.8) is 0 Å². The summed E-state index contributed by atoms with van der Waals surface area (Å²) in [6.45, 7) is 2.19. The quantitative estimate of drug-likeness (QED) is 0.862. The lowest BCUT2D eigenvalue weighted by Gasteiger charge is -2.30. The van der Waals surface area contributed by atoms with Crippen LogP contribution >= 0.6 is 0 Å². The fourth-order valence-corrected chi connectivity index (χ4v) is 3.37. The van der Waals surface area contributed by atoms with Crippen molar-refractivity contribution in [2.45, 2.75) is 18.9 Å². The number of hydrogen-bond donors (Lipinski definition) is 2. The lowest BCUT2D eigenvalue weighted by Crippen LogP contribution is -2.28. The number of carbonyl (C=O) groups excluding carboxylic acids is 1. The van der Waals surface area contributed by atoms with Crippen molar-refractivity contribution in [3.8, 4) is 0 Å². The van der Waals surface area contributed by atoms with Gasteiger partial charge in [0.15, 0.2) is 0 Å². The smallest absolute Gasteiger partial charge is 0.228 e. The summed E-state index contributed by atoms with van der Waals surface area (Å²) in [5, 5.41) is 6.34. The molecule has 0 aromatic heterocycles. The van der Waals surface area contributed by atoms with Crippen LogP contribution in [-0.2, 0) is 11.2 Å². The first-order valence-corrected chi connectivity index (χ1v) is 6.95. The van der Waals surface area contributed by atoms with Gasteiger partial charge in [-0.25, -0.2) is 0 Å². The van der Waals surface area contributed by atoms with E-state index in [0.29, 0.717) is 18.4 Å². The highest BCUT2D eigenvalue weighted by Crippen LogP contribution is 2.34. The third kappa shape index (κ3) is 2.38. The van der Waals surface area contributed by atoms with Gasteiger partial charge in [-0.2, -0.15) is 0 Å². The zero-order valence-electron chi connectivity index (χ0n) is 11.6. The van der Waals surface area contributed by atoms with Crippen molar-refractivity contribution in [1.82, 2.24) is 10.2 Å². The summed E-state index contributed by atoms with van der Waals surface area (Å²) in [5.74, 6) is 0.759. The molecule has 2 N–H and O–H groups in total. The maximum Gasteiger partial charge on any atom is 0.228 e. The van der Waals surface area contributed by atoms with E-state index in [1.165, 1.54) is 12.0 Å². The van der Waals surface area contributed by atoms with Crippen LogP contribution in [0.3, 0.4) is 0 Å². The molecule has 2 aliphatic heterocycles. The second kappa shape index (κ2) is 4.94. The number of hydrogen-bond acceptors (Lipinski definition) is 3. The summed E-state index contributed by atoms with van der Waals surface area (Å²) in [6, 6.07) is 6.84. The normalized spacial score (nSPS) is 23.5. The van der Waals surface area contributed by atoms with Gasteiger partial charge in [-0.05, 0) is 56.7 Å². The number of nitrogens with one attached hydrogen (secondary N) is 2. The van der Waals surface area contributed by atoms with Crippen LogP contribution in [0.25, 0.3) is 0 Å². The number of amides is 1. The number of rotatable bonds is 3.